The maximum atomic E-state index is 4.82. The zero-order valence-electron chi connectivity index (χ0n) is 17.0. The summed E-state index contributed by atoms with van der Waals surface area (Å²) in [6, 6.07) is 30.6. The Hall–Kier alpha value is -3.91. The molecule has 2 aliphatic carbocycles. The maximum Gasteiger partial charge on any atom is 0.138 e. The maximum absolute atomic E-state index is 4.82. The summed E-state index contributed by atoms with van der Waals surface area (Å²) in [5, 5.41) is 0. The van der Waals surface area contributed by atoms with E-state index in [1.54, 1.807) is 0 Å². The minimum atomic E-state index is 0.952. The molecule has 0 spiro atoms. The molecule has 0 radical (unpaired) electrons. The Labute approximate surface area is 181 Å². The highest BCUT2D eigenvalue weighted by Crippen LogP contribution is 2.43. The summed E-state index contributed by atoms with van der Waals surface area (Å²) in [4.78, 5) is 8.47. The lowest BCUT2D eigenvalue weighted by Gasteiger charge is -2.08. The average Bonchev–Trinajstić information content (AvgIpc) is 3.53. The van der Waals surface area contributed by atoms with Crippen molar-refractivity contribution < 1.29 is 0 Å². The van der Waals surface area contributed by atoms with Gasteiger partial charge in [-0.25, -0.2) is 4.98 Å². The van der Waals surface area contributed by atoms with Crippen molar-refractivity contribution in [3.05, 3.63) is 113 Å². The normalized spacial score (nSPS) is 12.9. The zero-order valence-corrected chi connectivity index (χ0v) is 17.0. The van der Waals surface area contributed by atoms with Crippen molar-refractivity contribution in [2.75, 3.05) is 0 Å². The van der Waals surface area contributed by atoms with Crippen molar-refractivity contribution in [3.63, 3.8) is 0 Å². The third kappa shape index (κ3) is 2.42. The Bertz CT molecular complexity index is 1380. The Balaban J connectivity index is 1.33. The first-order valence-corrected chi connectivity index (χ1v) is 10.8. The van der Waals surface area contributed by atoms with Crippen LogP contribution in [0.5, 0.6) is 0 Å². The van der Waals surface area contributed by atoms with Crippen LogP contribution in [0, 0.1) is 0 Å². The molecule has 2 nitrogen and oxygen atoms in total. The summed E-state index contributed by atoms with van der Waals surface area (Å²) in [6.45, 7) is 0. The highest BCUT2D eigenvalue weighted by Gasteiger charge is 2.24. The predicted molar refractivity (Wildman–Crippen MR) is 126 cm³/mol. The molecule has 146 valence electrons. The van der Waals surface area contributed by atoms with E-state index in [4.69, 9.17) is 4.98 Å². The van der Waals surface area contributed by atoms with Gasteiger partial charge in [0.05, 0.1) is 11.9 Å². The smallest absolute Gasteiger partial charge is 0.138 e. The molecular formula is C29H20N2. The van der Waals surface area contributed by atoms with Gasteiger partial charge in [-0.3, -0.25) is 0 Å². The molecule has 4 aromatic carbocycles. The first-order chi connectivity index (χ1) is 15.4. The van der Waals surface area contributed by atoms with E-state index in [0.717, 1.165) is 24.4 Å². The summed E-state index contributed by atoms with van der Waals surface area (Å²) in [7, 11) is 0. The summed E-state index contributed by atoms with van der Waals surface area (Å²) in [6.07, 6.45) is 3.94. The van der Waals surface area contributed by atoms with Gasteiger partial charge in [-0.05, 0) is 57.3 Å². The number of benzene rings is 4. The lowest BCUT2D eigenvalue weighted by atomic mass is 9.99. The van der Waals surface area contributed by atoms with Crippen molar-refractivity contribution >= 4 is 0 Å². The number of fused-ring (bicyclic) bond motifs is 6. The Kier molecular flexibility index (Phi) is 3.42. The van der Waals surface area contributed by atoms with Crippen LogP contribution >= 0.6 is 0 Å². The second-order valence-electron chi connectivity index (χ2n) is 8.48. The summed E-state index contributed by atoms with van der Waals surface area (Å²) >= 11 is 0. The SMILES string of the molecule is c1ccc2c(c1)Cc1c(-c3cnc(-c4cccc5c4Cc4ccccc4-5)[nH]3)cccc1-2. The number of aromatic nitrogens is 2. The van der Waals surface area contributed by atoms with Crippen LogP contribution in [0.1, 0.15) is 22.3 Å². The summed E-state index contributed by atoms with van der Waals surface area (Å²) in [5.41, 5.74) is 14.5. The topological polar surface area (TPSA) is 28.7 Å². The molecular weight excluding hydrogens is 376 g/mol. The first kappa shape index (κ1) is 16.8. The second-order valence-corrected chi connectivity index (χ2v) is 8.48. The molecule has 0 amide bonds. The van der Waals surface area contributed by atoms with Gasteiger partial charge >= 0.3 is 0 Å². The van der Waals surface area contributed by atoms with E-state index in [-0.39, 0.29) is 0 Å². The average molecular weight is 396 g/mol. The van der Waals surface area contributed by atoms with Crippen LogP contribution in [0.25, 0.3) is 44.9 Å². The van der Waals surface area contributed by atoms with Crippen LogP contribution in [-0.2, 0) is 12.8 Å². The highest BCUT2D eigenvalue weighted by molar-refractivity contribution is 5.86. The number of rotatable bonds is 2. The van der Waals surface area contributed by atoms with Gasteiger partial charge in [0.25, 0.3) is 0 Å². The third-order valence-electron chi connectivity index (χ3n) is 6.82. The summed E-state index contributed by atoms with van der Waals surface area (Å²) < 4.78 is 0. The van der Waals surface area contributed by atoms with Gasteiger partial charge in [0.15, 0.2) is 0 Å². The molecule has 2 aliphatic rings. The van der Waals surface area contributed by atoms with Gasteiger partial charge in [-0.1, -0.05) is 84.9 Å². The Morgan fingerprint density at radius 3 is 1.71 bits per heavy atom. The highest BCUT2D eigenvalue weighted by atomic mass is 14.9. The molecule has 0 bridgehead atoms. The van der Waals surface area contributed by atoms with Crippen molar-refractivity contribution in [3.8, 4) is 44.9 Å². The van der Waals surface area contributed by atoms with Crippen LogP contribution in [0.4, 0.5) is 0 Å². The van der Waals surface area contributed by atoms with E-state index in [1.165, 1.54) is 55.6 Å². The lowest BCUT2D eigenvalue weighted by Crippen LogP contribution is -1.91. The van der Waals surface area contributed by atoms with Crippen molar-refractivity contribution in [2.24, 2.45) is 0 Å². The van der Waals surface area contributed by atoms with E-state index in [9.17, 15) is 0 Å². The number of imidazole rings is 1. The third-order valence-corrected chi connectivity index (χ3v) is 6.82. The number of nitrogens with one attached hydrogen (secondary N) is 1. The molecule has 1 heterocycles. The van der Waals surface area contributed by atoms with Gasteiger partial charge in [0.1, 0.15) is 5.82 Å². The molecule has 1 N–H and O–H groups in total. The molecule has 0 saturated heterocycles. The molecule has 0 unspecified atom stereocenters. The lowest BCUT2D eigenvalue weighted by molar-refractivity contribution is 1.22. The van der Waals surface area contributed by atoms with Gasteiger partial charge in [0, 0.05) is 11.1 Å². The molecule has 0 atom stereocenters. The zero-order chi connectivity index (χ0) is 20.4. The Morgan fingerprint density at radius 2 is 1.03 bits per heavy atom. The molecule has 1 aromatic heterocycles. The first-order valence-electron chi connectivity index (χ1n) is 10.8. The fourth-order valence-electron chi connectivity index (χ4n) is 5.38. The van der Waals surface area contributed by atoms with Crippen LogP contribution in [0.15, 0.2) is 91.1 Å². The van der Waals surface area contributed by atoms with Crippen LogP contribution < -0.4 is 0 Å². The fraction of sp³-hybridized carbons (Fsp3) is 0.0690. The quantitative estimate of drug-likeness (QED) is 0.339. The second kappa shape index (κ2) is 6.29. The number of hydrogen-bond acceptors (Lipinski definition) is 1. The molecule has 5 aromatic rings. The van der Waals surface area contributed by atoms with E-state index in [2.05, 4.69) is 89.9 Å². The number of H-pyrrole nitrogens is 1. The van der Waals surface area contributed by atoms with E-state index >= 15 is 0 Å². The fourth-order valence-corrected chi connectivity index (χ4v) is 5.38. The van der Waals surface area contributed by atoms with Crippen molar-refractivity contribution in [2.45, 2.75) is 12.8 Å². The predicted octanol–water partition coefficient (Wildman–Crippen LogP) is 6.89. The van der Waals surface area contributed by atoms with E-state index < -0.39 is 0 Å². The molecule has 7 rings (SSSR count). The number of hydrogen-bond donors (Lipinski definition) is 1. The molecule has 0 saturated carbocycles. The summed E-state index contributed by atoms with van der Waals surface area (Å²) in [5.74, 6) is 0.952. The van der Waals surface area contributed by atoms with Crippen LogP contribution in [0.3, 0.4) is 0 Å². The van der Waals surface area contributed by atoms with Gasteiger partial charge in [-0.15, -0.1) is 0 Å². The molecule has 2 heteroatoms. The van der Waals surface area contributed by atoms with Crippen molar-refractivity contribution in [1.29, 1.82) is 0 Å². The van der Waals surface area contributed by atoms with Crippen molar-refractivity contribution in [1.82, 2.24) is 9.97 Å². The Morgan fingerprint density at radius 1 is 0.516 bits per heavy atom. The monoisotopic (exact) mass is 396 g/mol. The largest absolute Gasteiger partial charge is 0.338 e. The molecule has 0 aliphatic heterocycles. The van der Waals surface area contributed by atoms with Crippen LogP contribution in [0.2, 0.25) is 0 Å². The minimum Gasteiger partial charge on any atom is -0.338 e. The van der Waals surface area contributed by atoms with Gasteiger partial charge < -0.3 is 4.98 Å². The standard InChI is InChI=1S/C29H20N2/c1-3-9-20-18(7-1)15-26-22(20)11-5-13-24(26)28-17-30-29(31-28)25-14-6-12-23-21-10-4-2-8-19(21)16-27(23)25/h1-14,17H,15-16H2,(H,30,31). The number of aromatic amines is 1. The van der Waals surface area contributed by atoms with Crippen LogP contribution in [-0.4, -0.2) is 9.97 Å². The van der Waals surface area contributed by atoms with Gasteiger partial charge in [0.2, 0.25) is 0 Å². The minimum absolute atomic E-state index is 0.952. The molecule has 31 heavy (non-hydrogen) atoms. The van der Waals surface area contributed by atoms with E-state index in [1.807, 2.05) is 6.20 Å². The molecule has 0 fully saturated rings. The van der Waals surface area contributed by atoms with Gasteiger partial charge in [-0.2, -0.15) is 0 Å². The van der Waals surface area contributed by atoms with E-state index in [0.29, 0.717) is 0 Å². The number of nitrogens with zero attached hydrogens (tertiary/aromatic N) is 1.